The van der Waals surface area contributed by atoms with Crippen LogP contribution >= 0.6 is 0 Å². The molecule has 0 spiro atoms. The minimum Gasteiger partial charge on any atom is -0.360 e. The fourth-order valence-electron chi connectivity index (χ4n) is 2.73. The van der Waals surface area contributed by atoms with Gasteiger partial charge in [0.25, 0.3) is 5.91 Å². The largest absolute Gasteiger partial charge is 0.360 e. The molecule has 1 saturated heterocycles. The number of sulfonamides is 1. The summed E-state index contributed by atoms with van der Waals surface area (Å²) >= 11 is 0. The van der Waals surface area contributed by atoms with Crippen LogP contribution in [0.25, 0.3) is 0 Å². The Morgan fingerprint density at radius 1 is 1.19 bits per heavy atom. The number of carbonyl (C=O) groups excluding carboxylic acids is 2. The lowest BCUT2D eigenvalue weighted by atomic mass is 10.2. The van der Waals surface area contributed by atoms with Crippen molar-refractivity contribution in [3.8, 4) is 0 Å². The van der Waals surface area contributed by atoms with Crippen molar-refractivity contribution in [1.29, 1.82) is 0 Å². The Kier molecular flexibility index (Phi) is 5.57. The molecule has 1 aromatic carbocycles. The second-order valence-corrected chi connectivity index (χ2v) is 8.13. The first-order valence-corrected chi connectivity index (χ1v) is 9.92. The average molecular weight is 392 g/mol. The topological polar surface area (TPSA) is 122 Å². The molecule has 2 amide bonds. The summed E-state index contributed by atoms with van der Waals surface area (Å²) in [6, 6.07) is 7.22. The monoisotopic (exact) mass is 392 g/mol. The van der Waals surface area contributed by atoms with Crippen molar-refractivity contribution < 1.29 is 22.5 Å². The van der Waals surface area contributed by atoms with Gasteiger partial charge in [-0.2, -0.15) is 4.31 Å². The molecule has 27 heavy (non-hydrogen) atoms. The molecule has 0 saturated carbocycles. The molecule has 0 bridgehead atoms. The minimum atomic E-state index is -3.52. The fourth-order valence-corrected chi connectivity index (χ4v) is 4.25. The highest BCUT2D eigenvalue weighted by molar-refractivity contribution is 7.89. The van der Waals surface area contributed by atoms with E-state index >= 15 is 0 Å². The van der Waals surface area contributed by atoms with Gasteiger partial charge in [-0.15, -0.1) is 0 Å². The Hall–Kier alpha value is -2.72. The summed E-state index contributed by atoms with van der Waals surface area (Å²) in [6.45, 7) is 2.48. The van der Waals surface area contributed by atoms with E-state index in [0.717, 1.165) is 12.8 Å². The van der Waals surface area contributed by atoms with E-state index in [1.54, 1.807) is 13.0 Å². The number of benzene rings is 1. The molecule has 2 aromatic rings. The first-order chi connectivity index (χ1) is 12.9. The first-order valence-electron chi connectivity index (χ1n) is 8.48. The van der Waals surface area contributed by atoms with E-state index in [0.29, 0.717) is 18.8 Å². The standard InChI is InChI=1S/C17H20N4O5S/c1-12-10-15(20-26-12)19-16(22)11-18-17(23)13-4-6-14(7-5-13)27(24,25)21-8-2-3-9-21/h4-7,10H,2-3,8-9,11H2,1H3,(H,18,23)(H,19,20,22). The van der Waals surface area contributed by atoms with Crippen molar-refractivity contribution in [3.05, 3.63) is 41.7 Å². The normalized spacial score (nSPS) is 14.9. The van der Waals surface area contributed by atoms with Crippen LogP contribution in [-0.2, 0) is 14.8 Å². The highest BCUT2D eigenvalue weighted by atomic mass is 32.2. The summed E-state index contributed by atoms with van der Waals surface area (Å²) in [7, 11) is -3.52. The van der Waals surface area contributed by atoms with E-state index in [1.165, 1.54) is 28.6 Å². The molecular formula is C17H20N4O5S. The van der Waals surface area contributed by atoms with Gasteiger partial charge in [-0.25, -0.2) is 8.42 Å². The molecular weight excluding hydrogens is 372 g/mol. The Labute approximate surface area is 156 Å². The van der Waals surface area contributed by atoms with Gasteiger partial charge in [-0.05, 0) is 44.0 Å². The highest BCUT2D eigenvalue weighted by Crippen LogP contribution is 2.21. The van der Waals surface area contributed by atoms with Crippen molar-refractivity contribution in [2.75, 3.05) is 25.0 Å². The van der Waals surface area contributed by atoms with Crippen LogP contribution in [-0.4, -0.2) is 49.3 Å². The average Bonchev–Trinajstić information content (AvgIpc) is 3.32. The number of hydrogen-bond donors (Lipinski definition) is 2. The smallest absolute Gasteiger partial charge is 0.251 e. The number of nitrogens with zero attached hydrogens (tertiary/aromatic N) is 2. The van der Waals surface area contributed by atoms with Gasteiger partial charge < -0.3 is 15.2 Å². The van der Waals surface area contributed by atoms with Gasteiger partial charge in [0.15, 0.2) is 5.82 Å². The van der Waals surface area contributed by atoms with Gasteiger partial charge in [0.2, 0.25) is 15.9 Å². The van der Waals surface area contributed by atoms with E-state index in [2.05, 4.69) is 15.8 Å². The number of amides is 2. The van der Waals surface area contributed by atoms with Gasteiger partial charge in [0.1, 0.15) is 5.76 Å². The van der Waals surface area contributed by atoms with Crippen LogP contribution in [0, 0.1) is 6.92 Å². The highest BCUT2D eigenvalue weighted by Gasteiger charge is 2.27. The molecule has 0 aliphatic carbocycles. The predicted octanol–water partition coefficient (Wildman–Crippen LogP) is 1.14. The van der Waals surface area contributed by atoms with Gasteiger partial charge in [0, 0.05) is 24.7 Å². The first kappa shape index (κ1) is 19.1. The molecule has 10 heteroatoms. The molecule has 0 atom stereocenters. The fraction of sp³-hybridized carbons (Fsp3) is 0.353. The van der Waals surface area contributed by atoms with Crippen LogP contribution in [0.15, 0.2) is 39.8 Å². The van der Waals surface area contributed by atoms with Crippen molar-refractivity contribution in [2.45, 2.75) is 24.7 Å². The van der Waals surface area contributed by atoms with E-state index in [4.69, 9.17) is 4.52 Å². The molecule has 2 heterocycles. The van der Waals surface area contributed by atoms with E-state index in [9.17, 15) is 18.0 Å². The second kappa shape index (κ2) is 7.89. The van der Waals surface area contributed by atoms with Crippen molar-refractivity contribution >= 4 is 27.7 Å². The number of aromatic nitrogens is 1. The van der Waals surface area contributed by atoms with Crippen molar-refractivity contribution in [1.82, 2.24) is 14.8 Å². The number of rotatable bonds is 6. The van der Waals surface area contributed by atoms with E-state index in [-0.39, 0.29) is 22.8 Å². The summed E-state index contributed by atoms with van der Waals surface area (Å²) in [4.78, 5) is 24.1. The van der Waals surface area contributed by atoms with Gasteiger partial charge in [-0.3, -0.25) is 9.59 Å². The number of carbonyl (C=O) groups is 2. The number of aryl methyl sites for hydroxylation is 1. The summed E-state index contributed by atoms with van der Waals surface area (Å²) in [5.74, 6) is -0.113. The molecule has 9 nitrogen and oxygen atoms in total. The third-order valence-electron chi connectivity index (χ3n) is 4.12. The molecule has 0 radical (unpaired) electrons. The van der Waals surface area contributed by atoms with Gasteiger partial charge in [0.05, 0.1) is 11.4 Å². The third-order valence-corrected chi connectivity index (χ3v) is 6.04. The van der Waals surface area contributed by atoms with E-state index < -0.39 is 21.8 Å². The van der Waals surface area contributed by atoms with E-state index in [1.807, 2.05) is 0 Å². The summed E-state index contributed by atoms with van der Waals surface area (Å²) < 4.78 is 31.2. The zero-order valence-electron chi connectivity index (χ0n) is 14.8. The molecule has 1 aliphatic heterocycles. The number of anilines is 1. The maximum absolute atomic E-state index is 12.5. The number of nitrogens with one attached hydrogen (secondary N) is 2. The second-order valence-electron chi connectivity index (χ2n) is 6.19. The molecule has 2 N–H and O–H groups in total. The van der Waals surface area contributed by atoms with Crippen LogP contribution in [0.5, 0.6) is 0 Å². The molecule has 1 aliphatic rings. The van der Waals surface area contributed by atoms with Crippen LogP contribution in [0.1, 0.15) is 29.0 Å². The number of hydrogen-bond acceptors (Lipinski definition) is 6. The lowest BCUT2D eigenvalue weighted by molar-refractivity contribution is -0.115. The van der Waals surface area contributed by atoms with Crippen LogP contribution in [0.3, 0.4) is 0 Å². The lowest BCUT2D eigenvalue weighted by Gasteiger charge is -2.15. The Balaban J connectivity index is 1.56. The maximum Gasteiger partial charge on any atom is 0.251 e. The predicted molar refractivity (Wildman–Crippen MR) is 96.6 cm³/mol. The summed E-state index contributed by atoms with van der Waals surface area (Å²) in [5, 5.41) is 8.58. The zero-order valence-corrected chi connectivity index (χ0v) is 15.6. The molecule has 3 rings (SSSR count). The van der Waals surface area contributed by atoms with Crippen LogP contribution in [0.4, 0.5) is 5.82 Å². The minimum absolute atomic E-state index is 0.153. The summed E-state index contributed by atoms with van der Waals surface area (Å²) in [6.07, 6.45) is 1.71. The Morgan fingerprint density at radius 2 is 1.85 bits per heavy atom. The van der Waals surface area contributed by atoms with Crippen LogP contribution in [0.2, 0.25) is 0 Å². The zero-order chi connectivity index (χ0) is 19.4. The van der Waals surface area contributed by atoms with Crippen molar-refractivity contribution in [3.63, 3.8) is 0 Å². The molecule has 144 valence electrons. The maximum atomic E-state index is 12.5. The Bertz CT molecular complexity index is 930. The lowest BCUT2D eigenvalue weighted by Crippen LogP contribution is -2.33. The molecule has 0 unspecified atom stereocenters. The van der Waals surface area contributed by atoms with Crippen LogP contribution < -0.4 is 10.6 Å². The van der Waals surface area contributed by atoms with Crippen molar-refractivity contribution in [2.24, 2.45) is 0 Å². The SMILES string of the molecule is Cc1cc(NC(=O)CNC(=O)c2ccc(S(=O)(=O)N3CCCC3)cc2)no1. The Morgan fingerprint density at radius 3 is 2.44 bits per heavy atom. The molecule has 1 aromatic heterocycles. The summed E-state index contributed by atoms with van der Waals surface area (Å²) in [5.41, 5.74) is 0.264. The van der Waals surface area contributed by atoms with Gasteiger partial charge in [-0.1, -0.05) is 5.16 Å². The third kappa shape index (κ3) is 4.52. The molecule has 1 fully saturated rings. The van der Waals surface area contributed by atoms with Gasteiger partial charge >= 0.3 is 0 Å². The quantitative estimate of drug-likeness (QED) is 0.760.